The van der Waals surface area contributed by atoms with E-state index in [-0.39, 0.29) is 5.56 Å². The fourth-order valence-electron chi connectivity index (χ4n) is 3.74. The zero-order valence-corrected chi connectivity index (χ0v) is 16.0. The van der Waals surface area contributed by atoms with Gasteiger partial charge in [0.2, 0.25) is 5.78 Å². The highest BCUT2D eigenvalue weighted by Crippen LogP contribution is 2.32. The lowest BCUT2D eigenvalue weighted by Crippen LogP contribution is -3.08. The summed E-state index contributed by atoms with van der Waals surface area (Å²) in [5.74, 6) is 1.33. The van der Waals surface area contributed by atoms with E-state index < -0.39 is 0 Å². The number of thiophene rings is 1. The molecule has 132 valence electrons. The van der Waals surface area contributed by atoms with E-state index in [1.807, 2.05) is 23.5 Å². The van der Waals surface area contributed by atoms with Crippen molar-refractivity contribution < 1.29 is 4.90 Å². The average Bonchev–Trinajstić information content (AvgIpc) is 3.17. The van der Waals surface area contributed by atoms with Crippen molar-refractivity contribution in [3.05, 3.63) is 55.9 Å². The van der Waals surface area contributed by atoms with Gasteiger partial charge in [-0.15, -0.1) is 21.5 Å². The molecule has 0 bridgehead atoms. The molecule has 0 spiro atoms. The van der Waals surface area contributed by atoms with E-state index in [0.717, 1.165) is 41.2 Å². The van der Waals surface area contributed by atoms with Crippen LogP contribution in [0.2, 0.25) is 5.02 Å². The van der Waals surface area contributed by atoms with Crippen molar-refractivity contribution in [2.24, 2.45) is 0 Å². The highest BCUT2D eigenvalue weighted by atomic mass is 35.5. The third kappa shape index (κ3) is 2.17. The van der Waals surface area contributed by atoms with E-state index in [9.17, 15) is 4.79 Å². The normalized spacial score (nSPS) is 17.1. The Balaban J connectivity index is 1.95. The van der Waals surface area contributed by atoms with Crippen molar-refractivity contribution in [1.29, 1.82) is 0 Å². The van der Waals surface area contributed by atoms with E-state index in [1.165, 1.54) is 15.3 Å². The molecule has 1 atom stereocenters. The van der Waals surface area contributed by atoms with Gasteiger partial charge in [0.05, 0.1) is 29.5 Å². The lowest BCUT2D eigenvalue weighted by Gasteiger charge is -2.19. The number of nitrogens with zero attached hydrogens (tertiary/aromatic N) is 4. The highest BCUT2D eigenvalue weighted by Gasteiger charge is 2.27. The van der Waals surface area contributed by atoms with Crippen molar-refractivity contribution in [3.63, 3.8) is 0 Å². The van der Waals surface area contributed by atoms with Crippen LogP contribution in [0.4, 0.5) is 0 Å². The number of likely N-dealkylation sites (N-methyl/N-ethyl adjacent to an activating group) is 1. The van der Waals surface area contributed by atoms with Gasteiger partial charge in [-0.2, -0.15) is 0 Å². The summed E-state index contributed by atoms with van der Waals surface area (Å²) in [6, 6.07) is 7.26. The van der Waals surface area contributed by atoms with Crippen molar-refractivity contribution in [2.75, 3.05) is 13.6 Å². The molecule has 6 nitrogen and oxygen atoms in total. The summed E-state index contributed by atoms with van der Waals surface area (Å²) in [4.78, 5) is 17.2. The first-order chi connectivity index (χ1) is 12.5. The molecule has 0 amide bonds. The summed E-state index contributed by atoms with van der Waals surface area (Å²) in [6.07, 6.45) is 0.920. The van der Waals surface area contributed by atoms with Crippen LogP contribution in [0.1, 0.15) is 16.3 Å². The average molecular weight is 387 g/mol. The Morgan fingerprint density at radius 2 is 2.00 bits per heavy atom. The molecule has 1 unspecified atom stereocenters. The van der Waals surface area contributed by atoms with Crippen LogP contribution >= 0.6 is 22.9 Å². The number of aromatic nitrogens is 4. The van der Waals surface area contributed by atoms with Gasteiger partial charge in [-0.1, -0.05) is 11.6 Å². The minimum atomic E-state index is -0.0284. The highest BCUT2D eigenvalue weighted by molar-refractivity contribution is 7.18. The van der Waals surface area contributed by atoms with Crippen LogP contribution in [0.15, 0.2) is 29.1 Å². The van der Waals surface area contributed by atoms with Gasteiger partial charge in [0.1, 0.15) is 17.2 Å². The zero-order valence-electron chi connectivity index (χ0n) is 14.4. The summed E-state index contributed by atoms with van der Waals surface area (Å²) in [5, 5.41) is 9.98. The minimum Gasteiger partial charge on any atom is -0.333 e. The van der Waals surface area contributed by atoms with Crippen molar-refractivity contribution in [2.45, 2.75) is 19.9 Å². The van der Waals surface area contributed by atoms with Crippen molar-refractivity contribution in [3.8, 4) is 5.69 Å². The zero-order chi connectivity index (χ0) is 18.0. The Morgan fingerprint density at radius 3 is 2.77 bits per heavy atom. The molecule has 8 heteroatoms. The van der Waals surface area contributed by atoms with Gasteiger partial charge in [0.25, 0.3) is 5.56 Å². The summed E-state index contributed by atoms with van der Waals surface area (Å²) >= 11 is 7.73. The van der Waals surface area contributed by atoms with Crippen LogP contribution in [0, 0.1) is 6.92 Å². The van der Waals surface area contributed by atoms with Gasteiger partial charge >= 0.3 is 0 Å². The molecule has 0 aliphatic carbocycles. The molecule has 1 aromatic carbocycles. The minimum absolute atomic E-state index is 0.0284. The van der Waals surface area contributed by atoms with Gasteiger partial charge in [-0.05, 0) is 36.8 Å². The fraction of sp³-hybridized carbons (Fsp3) is 0.278. The largest absolute Gasteiger partial charge is 0.333 e. The first-order valence-electron chi connectivity index (χ1n) is 8.53. The number of hydrogen-bond acceptors (Lipinski definition) is 4. The van der Waals surface area contributed by atoms with E-state index in [1.54, 1.807) is 28.0 Å². The number of nitrogens with one attached hydrogen (secondary N) is 1. The first kappa shape index (κ1) is 16.0. The molecule has 4 aromatic rings. The van der Waals surface area contributed by atoms with E-state index in [0.29, 0.717) is 10.8 Å². The summed E-state index contributed by atoms with van der Waals surface area (Å²) in [5.41, 5.74) is 1.91. The molecule has 5 rings (SSSR count). The molecule has 4 heterocycles. The Morgan fingerprint density at radius 1 is 1.23 bits per heavy atom. The maximum atomic E-state index is 13.5. The molecule has 26 heavy (non-hydrogen) atoms. The molecule has 1 N–H and O–H groups in total. The number of benzene rings is 1. The van der Waals surface area contributed by atoms with Crippen LogP contribution in [-0.4, -0.2) is 32.8 Å². The number of halogens is 1. The second kappa shape index (κ2) is 5.64. The predicted octanol–water partition coefficient (Wildman–Crippen LogP) is 1.63. The summed E-state index contributed by atoms with van der Waals surface area (Å²) < 4.78 is 3.65. The molecule has 0 radical (unpaired) electrons. The molecule has 0 saturated heterocycles. The van der Waals surface area contributed by atoms with Gasteiger partial charge in [0, 0.05) is 11.4 Å². The Labute approximate surface area is 158 Å². The second-order valence-electron chi connectivity index (χ2n) is 6.82. The lowest BCUT2D eigenvalue weighted by atomic mass is 10.1. The van der Waals surface area contributed by atoms with Crippen LogP contribution in [0.25, 0.3) is 21.7 Å². The molecule has 0 fully saturated rings. The molecule has 3 aromatic heterocycles. The summed E-state index contributed by atoms with van der Waals surface area (Å²) in [7, 11) is 2.19. The standard InChI is InChI=1S/C18H16ClN5OS/c1-10-20-21-18-23(10)17-15(13-7-8-22(2)9-14(13)26-17)16(25)24(18)12-5-3-11(19)4-6-12/h3-6H,7-9H2,1-2H3/p+1. The maximum absolute atomic E-state index is 13.5. The van der Waals surface area contributed by atoms with Gasteiger partial charge in [-0.3, -0.25) is 9.20 Å². The van der Waals surface area contributed by atoms with Crippen LogP contribution in [0.3, 0.4) is 0 Å². The number of fused-ring (bicyclic) bond motifs is 5. The van der Waals surface area contributed by atoms with Gasteiger partial charge in [0.15, 0.2) is 0 Å². The fourth-order valence-corrected chi connectivity index (χ4v) is 5.37. The third-order valence-electron chi connectivity index (χ3n) is 5.05. The second-order valence-corrected chi connectivity index (χ2v) is 8.34. The number of aryl methyl sites for hydroxylation is 1. The third-order valence-corrected chi connectivity index (χ3v) is 6.52. The van der Waals surface area contributed by atoms with Crippen LogP contribution < -0.4 is 10.5 Å². The predicted molar refractivity (Wildman–Crippen MR) is 103 cm³/mol. The SMILES string of the molecule is Cc1nnc2n(-c3ccc(Cl)cc3)c(=O)c3c4c(sc3n12)C[NH+](C)CC4. The number of rotatable bonds is 1. The molecular weight excluding hydrogens is 370 g/mol. The van der Waals surface area contributed by atoms with E-state index >= 15 is 0 Å². The Kier molecular flexibility index (Phi) is 3.47. The smallest absolute Gasteiger partial charge is 0.268 e. The quantitative estimate of drug-likeness (QED) is 0.541. The molecule has 1 aliphatic heterocycles. The number of hydrogen-bond donors (Lipinski definition) is 1. The van der Waals surface area contributed by atoms with Crippen molar-refractivity contribution >= 4 is 38.9 Å². The monoisotopic (exact) mass is 386 g/mol. The maximum Gasteiger partial charge on any atom is 0.268 e. The van der Waals surface area contributed by atoms with Crippen molar-refractivity contribution in [1.82, 2.24) is 19.2 Å². The van der Waals surface area contributed by atoms with E-state index in [2.05, 4.69) is 17.2 Å². The van der Waals surface area contributed by atoms with Gasteiger partial charge < -0.3 is 4.90 Å². The molecule has 0 saturated carbocycles. The number of quaternary nitrogens is 1. The van der Waals surface area contributed by atoms with E-state index in [4.69, 9.17) is 11.6 Å². The van der Waals surface area contributed by atoms with Crippen LogP contribution in [0.5, 0.6) is 0 Å². The lowest BCUT2D eigenvalue weighted by molar-refractivity contribution is -0.895. The molecule has 1 aliphatic rings. The Hall–Kier alpha value is -2.22. The summed E-state index contributed by atoms with van der Waals surface area (Å²) in [6.45, 7) is 3.92. The Bertz CT molecular complexity index is 1220. The topological polar surface area (TPSA) is 56.6 Å². The molecular formula is C18H17ClN5OS+. The first-order valence-corrected chi connectivity index (χ1v) is 9.72. The van der Waals surface area contributed by atoms with Gasteiger partial charge in [-0.25, -0.2) is 4.57 Å². The van der Waals surface area contributed by atoms with Crippen LogP contribution in [-0.2, 0) is 13.0 Å².